The Kier molecular flexibility index (Phi) is 5.35. The highest BCUT2D eigenvalue weighted by Crippen LogP contribution is 2.22. The third kappa shape index (κ3) is 4.39. The van der Waals surface area contributed by atoms with Crippen LogP contribution in [0.2, 0.25) is 0 Å². The van der Waals surface area contributed by atoms with Gasteiger partial charge < -0.3 is 9.84 Å². The number of H-pyrrole nitrogens is 1. The maximum absolute atomic E-state index is 5.43. The summed E-state index contributed by atoms with van der Waals surface area (Å²) in [6, 6.07) is 10.2. The van der Waals surface area contributed by atoms with Crippen LogP contribution in [-0.4, -0.2) is 31.9 Å². The number of benzene rings is 1. The van der Waals surface area contributed by atoms with Gasteiger partial charge in [0.2, 0.25) is 11.7 Å². The molecule has 0 saturated carbocycles. The van der Waals surface area contributed by atoms with E-state index >= 15 is 0 Å². The van der Waals surface area contributed by atoms with Gasteiger partial charge in [0.15, 0.2) is 5.82 Å². The minimum absolute atomic E-state index is 0.0386. The number of hydrogen-bond acceptors (Lipinski definition) is 6. The number of aromatic nitrogens is 5. The van der Waals surface area contributed by atoms with E-state index in [-0.39, 0.29) is 6.04 Å². The molecule has 0 aliphatic heterocycles. The van der Waals surface area contributed by atoms with E-state index in [0.717, 1.165) is 6.54 Å². The number of aromatic amines is 1. The Hall–Kier alpha value is -2.80. The monoisotopic (exact) mass is 338 g/mol. The van der Waals surface area contributed by atoms with Crippen LogP contribution in [0.25, 0.3) is 17.7 Å². The fourth-order valence-corrected chi connectivity index (χ4v) is 2.53. The summed E-state index contributed by atoms with van der Waals surface area (Å²) in [6.07, 6.45) is 3.58. The molecule has 25 heavy (non-hydrogen) atoms. The molecule has 0 bridgehead atoms. The molecule has 7 nitrogen and oxygen atoms in total. The van der Waals surface area contributed by atoms with E-state index in [1.165, 1.54) is 17.5 Å². The van der Waals surface area contributed by atoms with Crippen molar-refractivity contribution in [3.8, 4) is 11.6 Å². The molecule has 0 aliphatic rings. The molecule has 0 aliphatic carbocycles. The van der Waals surface area contributed by atoms with Crippen molar-refractivity contribution in [3.05, 3.63) is 53.7 Å². The first kappa shape index (κ1) is 17.0. The molecular weight excluding hydrogens is 316 g/mol. The molecule has 0 spiro atoms. The molecule has 7 heteroatoms. The number of nitrogens with zero attached hydrogens (tertiary/aromatic N) is 4. The fraction of sp³-hybridized carbons (Fsp3) is 0.333. The number of nitrogens with one attached hydrogen (secondary N) is 2. The second kappa shape index (κ2) is 7.85. The van der Waals surface area contributed by atoms with Crippen molar-refractivity contribution in [3.63, 3.8) is 0 Å². The van der Waals surface area contributed by atoms with Crippen molar-refractivity contribution >= 4 is 6.08 Å². The molecule has 3 rings (SSSR count). The van der Waals surface area contributed by atoms with Crippen LogP contribution in [0.15, 0.2) is 46.8 Å². The summed E-state index contributed by atoms with van der Waals surface area (Å²) in [6.45, 7) is 7.07. The first-order valence-corrected chi connectivity index (χ1v) is 8.28. The zero-order valence-electron chi connectivity index (χ0n) is 14.6. The van der Waals surface area contributed by atoms with Gasteiger partial charge in [0.25, 0.3) is 0 Å². The van der Waals surface area contributed by atoms with Crippen LogP contribution in [0, 0.1) is 5.92 Å². The summed E-state index contributed by atoms with van der Waals surface area (Å²) in [7, 11) is 0. The average Bonchev–Trinajstić information content (AvgIpc) is 3.27. The number of hydrogen-bond donors (Lipinski definition) is 2. The van der Waals surface area contributed by atoms with Gasteiger partial charge in [0.1, 0.15) is 6.33 Å². The average molecular weight is 338 g/mol. The SMILES string of the molecule is C/C(=C\c1ccccc1)CNC(c1nc(-c2ncn[nH]2)no1)C(C)C. The maximum atomic E-state index is 5.43. The summed E-state index contributed by atoms with van der Waals surface area (Å²) in [5.41, 5.74) is 2.42. The fourth-order valence-electron chi connectivity index (χ4n) is 2.53. The molecule has 0 saturated heterocycles. The first-order chi connectivity index (χ1) is 12.1. The van der Waals surface area contributed by atoms with E-state index in [0.29, 0.717) is 23.5 Å². The van der Waals surface area contributed by atoms with Gasteiger partial charge in [-0.15, -0.1) is 0 Å². The highest BCUT2D eigenvalue weighted by Gasteiger charge is 2.23. The van der Waals surface area contributed by atoms with Crippen LogP contribution >= 0.6 is 0 Å². The third-order valence-electron chi connectivity index (χ3n) is 3.81. The molecule has 0 fully saturated rings. The van der Waals surface area contributed by atoms with Gasteiger partial charge in [0, 0.05) is 6.54 Å². The van der Waals surface area contributed by atoms with Crippen molar-refractivity contribution < 1.29 is 4.52 Å². The minimum atomic E-state index is -0.0386. The van der Waals surface area contributed by atoms with Crippen LogP contribution < -0.4 is 5.32 Å². The second-order valence-electron chi connectivity index (χ2n) is 6.29. The Morgan fingerprint density at radius 3 is 2.76 bits per heavy atom. The minimum Gasteiger partial charge on any atom is -0.337 e. The van der Waals surface area contributed by atoms with E-state index in [2.05, 4.69) is 69.6 Å². The molecule has 130 valence electrons. The van der Waals surface area contributed by atoms with Crippen LogP contribution in [-0.2, 0) is 0 Å². The van der Waals surface area contributed by atoms with Crippen molar-refractivity contribution in [2.45, 2.75) is 26.8 Å². The molecule has 0 radical (unpaired) electrons. The lowest BCUT2D eigenvalue weighted by atomic mass is 10.0. The molecule has 1 atom stereocenters. The molecule has 3 aromatic rings. The molecule has 2 heterocycles. The lowest BCUT2D eigenvalue weighted by molar-refractivity contribution is 0.294. The molecule has 2 aromatic heterocycles. The Balaban J connectivity index is 1.69. The van der Waals surface area contributed by atoms with Gasteiger partial charge in [-0.1, -0.05) is 61.0 Å². The number of rotatable bonds is 7. The predicted octanol–water partition coefficient (Wildman–Crippen LogP) is 3.24. The van der Waals surface area contributed by atoms with Crippen molar-refractivity contribution in [2.75, 3.05) is 6.54 Å². The summed E-state index contributed by atoms with van der Waals surface area (Å²) in [4.78, 5) is 8.49. The highest BCUT2D eigenvalue weighted by atomic mass is 16.5. The zero-order valence-corrected chi connectivity index (χ0v) is 14.6. The summed E-state index contributed by atoms with van der Waals surface area (Å²) in [5.74, 6) is 1.76. The molecule has 2 N–H and O–H groups in total. The molecule has 1 unspecified atom stereocenters. The van der Waals surface area contributed by atoms with Crippen molar-refractivity contribution in [2.24, 2.45) is 5.92 Å². The van der Waals surface area contributed by atoms with Crippen LogP contribution in [0.5, 0.6) is 0 Å². The van der Waals surface area contributed by atoms with Crippen molar-refractivity contribution in [1.82, 2.24) is 30.6 Å². The predicted molar refractivity (Wildman–Crippen MR) is 95.3 cm³/mol. The Morgan fingerprint density at radius 1 is 1.28 bits per heavy atom. The van der Waals surface area contributed by atoms with Gasteiger partial charge in [-0.3, -0.25) is 5.10 Å². The Bertz CT molecular complexity index is 807. The van der Waals surface area contributed by atoms with Gasteiger partial charge >= 0.3 is 0 Å². The van der Waals surface area contributed by atoms with E-state index in [1.807, 2.05) is 18.2 Å². The maximum Gasteiger partial charge on any atom is 0.244 e. The largest absolute Gasteiger partial charge is 0.337 e. The molecule has 1 aromatic carbocycles. The lowest BCUT2D eigenvalue weighted by Gasteiger charge is -2.18. The van der Waals surface area contributed by atoms with Crippen LogP contribution in [0.1, 0.15) is 38.3 Å². The standard InChI is InChI=1S/C18H22N6O/c1-12(2)15(18-22-17(24-25-18)16-20-11-21-23-16)19-10-13(3)9-14-7-5-4-6-8-14/h4-9,11-12,15,19H,10H2,1-3H3,(H,20,21,23)/b13-9+. The first-order valence-electron chi connectivity index (χ1n) is 8.28. The zero-order chi connectivity index (χ0) is 17.6. The van der Waals surface area contributed by atoms with Gasteiger partial charge in [-0.05, 0) is 18.4 Å². The van der Waals surface area contributed by atoms with Gasteiger partial charge in [-0.2, -0.15) is 10.1 Å². The Labute approximate surface area is 146 Å². The van der Waals surface area contributed by atoms with Crippen LogP contribution in [0.4, 0.5) is 0 Å². The lowest BCUT2D eigenvalue weighted by Crippen LogP contribution is -2.27. The third-order valence-corrected chi connectivity index (χ3v) is 3.81. The summed E-state index contributed by atoms with van der Waals surface area (Å²) < 4.78 is 5.43. The smallest absolute Gasteiger partial charge is 0.244 e. The van der Waals surface area contributed by atoms with Gasteiger partial charge in [0.05, 0.1) is 6.04 Å². The van der Waals surface area contributed by atoms with Crippen molar-refractivity contribution in [1.29, 1.82) is 0 Å². The van der Waals surface area contributed by atoms with E-state index < -0.39 is 0 Å². The van der Waals surface area contributed by atoms with Gasteiger partial charge in [-0.25, -0.2) is 4.98 Å². The topological polar surface area (TPSA) is 92.5 Å². The second-order valence-corrected chi connectivity index (χ2v) is 6.29. The molecule has 0 amide bonds. The van der Waals surface area contributed by atoms with E-state index in [1.54, 1.807) is 0 Å². The molecular formula is C18H22N6O. The normalized spacial score (nSPS) is 13.4. The Morgan fingerprint density at radius 2 is 2.08 bits per heavy atom. The van der Waals surface area contributed by atoms with E-state index in [4.69, 9.17) is 4.52 Å². The van der Waals surface area contributed by atoms with E-state index in [9.17, 15) is 0 Å². The summed E-state index contributed by atoms with van der Waals surface area (Å²) >= 11 is 0. The quantitative estimate of drug-likeness (QED) is 0.687. The highest BCUT2D eigenvalue weighted by molar-refractivity contribution is 5.52. The summed E-state index contributed by atoms with van der Waals surface area (Å²) in [5, 5.41) is 14.0. The van der Waals surface area contributed by atoms with Crippen LogP contribution in [0.3, 0.4) is 0 Å².